The van der Waals surface area contributed by atoms with Gasteiger partial charge >= 0.3 is 0 Å². The number of carbonyl (C=O) groups excluding carboxylic acids is 2. The molecular weight excluding hydrogens is 476 g/mol. The van der Waals surface area contributed by atoms with E-state index in [1.54, 1.807) is 47.0 Å². The van der Waals surface area contributed by atoms with E-state index in [1.807, 2.05) is 48.5 Å². The smallest absolute Gasteiger partial charge is 0.255 e. The topological polar surface area (TPSA) is 95.6 Å². The Kier molecular flexibility index (Phi) is 7.89. The van der Waals surface area contributed by atoms with Gasteiger partial charge in [0.15, 0.2) is 17.6 Å². The maximum absolute atomic E-state index is 14.2. The first-order chi connectivity index (χ1) is 17.6. The third kappa shape index (κ3) is 5.22. The first kappa shape index (κ1) is 27.1. The Balaban J connectivity index is 1.70. The molecule has 2 aliphatic rings. The standard InChI is InChI=1S/C28H36N2O7/c1-18-24-28(17-36-27(2,3)37-24,30(25(18)31)16-19-11-13-21(33-4)14-12-19)26(32)29-22-10-8-7-9-20(22)15-23(34-5)35-6/h7-14,18,23-24H,15-17H2,1-6H3,(H,29,32)/t18-,24+,28-/m0/s1. The van der Waals surface area contributed by atoms with Crippen LogP contribution in [0, 0.1) is 5.92 Å². The predicted octanol–water partition coefficient (Wildman–Crippen LogP) is 3.36. The monoisotopic (exact) mass is 512 g/mol. The molecule has 0 aliphatic carbocycles. The summed E-state index contributed by atoms with van der Waals surface area (Å²) in [6.07, 6.45) is -0.726. The Morgan fingerprint density at radius 3 is 2.43 bits per heavy atom. The van der Waals surface area contributed by atoms with E-state index in [9.17, 15) is 9.59 Å². The summed E-state index contributed by atoms with van der Waals surface area (Å²) in [6, 6.07) is 14.9. The van der Waals surface area contributed by atoms with Crippen molar-refractivity contribution in [2.24, 2.45) is 5.92 Å². The Hall–Kier alpha value is -2.98. The van der Waals surface area contributed by atoms with Crippen LogP contribution in [0.2, 0.25) is 0 Å². The number of nitrogens with one attached hydrogen (secondary N) is 1. The summed E-state index contributed by atoms with van der Waals surface area (Å²) in [5.74, 6) is -1.28. The Morgan fingerprint density at radius 1 is 1.11 bits per heavy atom. The number of nitrogens with zero attached hydrogens (tertiary/aromatic N) is 1. The summed E-state index contributed by atoms with van der Waals surface area (Å²) in [5, 5.41) is 3.07. The molecule has 0 radical (unpaired) electrons. The number of rotatable bonds is 9. The van der Waals surface area contributed by atoms with E-state index in [4.69, 9.17) is 23.7 Å². The number of methoxy groups -OCH3 is 3. The Bertz CT molecular complexity index is 1120. The summed E-state index contributed by atoms with van der Waals surface area (Å²) >= 11 is 0. The minimum absolute atomic E-state index is 0.00364. The van der Waals surface area contributed by atoms with Crippen molar-refractivity contribution in [2.75, 3.05) is 33.3 Å². The summed E-state index contributed by atoms with van der Waals surface area (Å²) in [4.78, 5) is 29.4. The molecule has 2 saturated heterocycles. The minimum Gasteiger partial charge on any atom is -0.497 e. The minimum atomic E-state index is -1.36. The van der Waals surface area contributed by atoms with Crippen LogP contribution in [0.15, 0.2) is 48.5 Å². The molecule has 2 aromatic carbocycles. The van der Waals surface area contributed by atoms with Crippen LogP contribution in [0.4, 0.5) is 5.69 Å². The number of hydrogen-bond acceptors (Lipinski definition) is 7. The lowest BCUT2D eigenvalue weighted by Gasteiger charge is -2.48. The molecule has 2 amide bonds. The van der Waals surface area contributed by atoms with Crippen LogP contribution in [-0.2, 0) is 41.5 Å². The maximum atomic E-state index is 14.2. The fourth-order valence-electron chi connectivity index (χ4n) is 5.07. The number of ether oxygens (including phenoxy) is 5. The van der Waals surface area contributed by atoms with E-state index in [-0.39, 0.29) is 25.0 Å². The third-order valence-electron chi connectivity index (χ3n) is 7.18. The average molecular weight is 513 g/mol. The SMILES string of the molecule is COc1ccc(CN2C(=O)[C@@H](C)[C@H]3OC(C)(C)OC[C@@]32C(=O)Nc2ccccc2CC(OC)OC)cc1. The molecule has 0 unspecified atom stereocenters. The summed E-state index contributed by atoms with van der Waals surface area (Å²) in [6.45, 7) is 5.62. The fourth-order valence-corrected chi connectivity index (χ4v) is 5.07. The van der Waals surface area contributed by atoms with Crippen molar-refractivity contribution in [3.8, 4) is 5.75 Å². The van der Waals surface area contributed by atoms with Gasteiger partial charge in [-0.05, 0) is 43.2 Å². The van der Waals surface area contributed by atoms with Crippen molar-refractivity contribution in [1.82, 2.24) is 4.90 Å². The largest absolute Gasteiger partial charge is 0.497 e. The van der Waals surface area contributed by atoms with Crippen LogP contribution in [0.25, 0.3) is 0 Å². The lowest BCUT2D eigenvalue weighted by Crippen LogP contribution is -2.67. The van der Waals surface area contributed by atoms with Gasteiger partial charge in [-0.3, -0.25) is 9.59 Å². The van der Waals surface area contributed by atoms with Crippen molar-refractivity contribution < 1.29 is 33.3 Å². The number of amides is 2. The average Bonchev–Trinajstić information content (AvgIpc) is 3.10. The van der Waals surface area contributed by atoms with Crippen LogP contribution < -0.4 is 10.1 Å². The molecule has 200 valence electrons. The highest BCUT2D eigenvalue weighted by molar-refractivity contribution is 6.04. The number of anilines is 1. The number of para-hydroxylation sites is 1. The lowest BCUT2D eigenvalue weighted by molar-refractivity contribution is -0.303. The zero-order valence-corrected chi connectivity index (χ0v) is 22.3. The molecule has 4 rings (SSSR count). The Labute approximate surface area is 218 Å². The van der Waals surface area contributed by atoms with Crippen LogP contribution in [0.3, 0.4) is 0 Å². The molecule has 2 aliphatic heterocycles. The van der Waals surface area contributed by atoms with Crippen molar-refractivity contribution >= 4 is 17.5 Å². The van der Waals surface area contributed by atoms with Gasteiger partial charge in [-0.2, -0.15) is 0 Å². The van der Waals surface area contributed by atoms with Gasteiger partial charge in [0, 0.05) is 32.9 Å². The quantitative estimate of drug-likeness (QED) is 0.515. The summed E-state index contributed by atoms with van der Waals surface area (Å²) < 4.78 is 28.3. The van der Waals surface area contributed by atoms with Crippen molar-refractivity contribution in [1.29, 1.82) is 0 Å². The molecule has 37 heavy (non-hydrogen) atoms. The number of carbonyl (C=O) groups is 2. The normalized spacial score (nSPS) is 24.7. The molecule has 2 aromatic rings. The second-order valence-electron chi connectivity index (χ2n) is 9.93. The zero-order chi connectivity index (χ0) is 26.8. The van der Waals surface area contributed by atoms with Gasteiger partial charge in [0.05, 0.1) is 19.6 Å². The van der Waals surface area contributed by atoms with Gasteiger partial charge in [-0.1, -0.05) is 37.3 Å². The van der Waals surface area contributed by atoms with Crippen LogP contribution in [0.5, 0.6) is 5.75 Å². The molecular formula is C28H36N2O7. The predicted molar refractivity (Wildman–Crippen MR) is 137 cm³/mol. The number of likely N-dealkylation sites (tertiary alicyclic amines) is 1. The van der Waals surface area contributed by atoms with Crippen molar-refractivity contribution in [3.63, 3.8) is 0 Å². The van der Waals surface area contributed by atoms with Crippen molar-refractivity contribution in [3.05, 3.63) is 59.7 Å². The highest BCUT2D eigenvalue weighted by Gasteiger charge is 2.66. The highest BCUT2D eigenvalue weighted by atomic mass is 16.7. The summed E-state index contributed by atoms with van der Waals surface area (Å²) in [5.41, 5.74) is 0.957. The van der Waals surface area contributed by atoms with Crippen LogP contribution >= 0.6 is 0 Å². The van der Waals surface area contributed by atoms with Gasteiger partial charge in [0.25, 0.3) is 5.91 Å². The van der Waals surface area contributed by atoms with Gasteiger partial charge < -0.3 is 33.9 Å². The Morgan fingerprint density at radius 2 is 1.78 bits per heavy atom. The molecule has 9 heteroatoms. The zero-order valence-electron chi connectivity index (χ0n) is 22.3. The number of fused-ring (bicyclic) bond motifs is 1. The number of hydrogen-bond donors (Lipinski definition) is 1. The second-order valence-corrected chi connectivity index (χ2v) is 9.93. The summed E-state index contributed by atoms with van der Waals surface area (Å²) in [7, 11) is 4.74. The molecule has 0 spiro atoms. The number of benzene rings is 2. The molecule has 1 N–H and O–H groups in total. The van der Waals surface area contributed by atoms with Crippen LogP contribution in [0.1, 0.15) is 31.9 Å². The van der Waals surface area contributed by atoms with Gasteiger partial charge in [0.2, 0.25) is 5.91 Å². The van der Waals surface area contributed by atoms with E-state index in [0.717, 1.165) is 11.1 Å². The molecule has 2 fully saturated rings. The molecule has 9 nitrogen and oxygen atoms in total. The van der Waals surface area contributed by atoms with E-state index in [2.05, 4.69) is 5.32 Å². The fraction of sp³-hybridized carbons (Fsp3) is 0.500. The van der Waals surface area contributed by atoms with Gasteiger partial charge in [0.1, 0.15) is 11.9 Å². The van der Waals surface area contributed by atoms with E-state index in [1.165, 1.54) is 0 Å². The van der Waals surface area contributed by atoms with E-state index < -0.39 is 29.6 Å². The van der Waals surface area contributed by atoms with E-state index in [0.29, 0.717) is 17.9 Å². The van der Waals surface area contributed by atoms with Crippen LogP contribution in [-0.4, -0.2) is 68.4 Å². The first-order valence-corrected chi connectivity index (χ1v) is 12.4. The molecule has 2 heterocycles. The second kappa shape index (κ2) is 10.8. The maximum Gasteiger partial charge on any atom is 0.255 e. The molecule has 0 bridgehead atoms. The third-order valence-corrected chi connectivity index (χ3v) is 7.18. The van der Waals surface area contributed by atoms with Gasteiger partial charge in [-0.25, -0.2) is 0 Å². The molecule has 3 atom stereocenters. The lowest BCUT2D eigenvalue weighted by atomic mass is 9.86. The molecule has 0 aromatic heterocycles. The first-order valence-electron chi connectivity index (χ1n) is 12.4. The highest BCUT2D eigenvalue weighted by Crippen LogP contribution is 2.45. The van der Waals surface area contributed by atoms with Crippen molar-refractivity contribution in [2.45, 2.75) is 57.5 Å². The molecule has 0 saturated carbocycles. The van der Waals surface area contributed by atoms with Gasteiger partial charge in [-0.15, -0.1) is 0 Å². The van der Waals surface area contributed by atoms with E-state index >= 15 is 0 Å².